The van der Waals surface area contributed by atoms with Crippen molar-refractivity contribution in [3.8, 4) is 0 Å². The summed E-state index contributed by atoms with van der Waals surface area (Å²) in [4.78, 5) is 0. The summed E-state index contributed by atoms with van der Waals surface area (Å²) >= 11 is 1.74. The number of thiophene rings is 1. The fourth-order valence-corrected chi connectivity index (χ4v) is 2.45. The molecule has 1 saturated carbocycles. The van der Waals surface area contributed by atoms with Gasteiger partial charge in [0.15, 0.2) is 0 Å². The van der Waals surface area contributed by atoms with Crippen molar-refractivity contribution in [2.75, 3.05) is 13.1 Å². The Morgan fingerprint density at radius 2 is 2.36 bits per heavy atom. The molecule has 14 heavy (non-hydrogen) atoms. The lowest BCUT2D eigenvalue weighted by Crippen LogP contribution is -2.46. The zero-order valence-corrected chi connectivity index (χ0v) is 9.15. The van der Waals surface area contributed by atoms with E-state index in [1.807, 2.05) is 0 Å². The SMILES string of the molecule is OC1(CNCCc2ccsc2)CCC1. The van der Waals surface area contributed by atoms with E-state index in [-0.39, 0.29) is 5.60 Å². The summed E-state index contributed by atoms with van der Waals surface area (Å²) in [6, 6.07) is 2.16. The minimum Gasteiger partial charge on any atom is -0.389 e. The molecule has 0 spiro atoms. The highest BCUT2D eigenvalue weighted by atomic mass is 32.1. The van der Waals surface area contributed by atoms with Crippen molar-refractivity contribution in [1.82, 2.24) is 5.32 Å². The molecule has 0 aromatic carbocycles. The molecule has 0 radical (unpaired) electrons. The van der Waals surface area contributed by atoms with Crippen LogP contribution < -0.4 is 5.32 Å². The Morgan fingerprint density at radius 1 is 1.50 bits per heavy atom. The van der Waals surface area contributed by atoms with Crippen molar-refractivity contribution in [2.24, 2.45) is 0 Å². The summed E-state index contributed by atoms with van der Waals surface area (Å²) in [6.07, 6.45) is 4.19. The van der Waals surface area contributed by atoms with Gasteiger partial charge in [0.25, 0.3) is 0 Å². The summed E-state index contributed by atoms with van der Waals surface area (Å²) in [5, 5.41) is 17.4. The maximum Gasteiger partial charge on any atom is 0.0771 e. The number of hydrogen-bond acceptors (Lipinski definition) is 3. The monoisotopic (exact) mass is 211 g/mol. The molecule has 2 nitrogen and oxygen atoms in total. The van der Waals surface area contributed by atoms with Gasteiger partial charge in [-0.2, -0.15) is 11.3 Å². The Kier molecular flexibility index (Phi) is 3.21. The molecule has 3 heteroatoms. The topological polar surface area (TPSA) is 32.3 Å². The van der Waals surface area contributed by atoms with Crippen molar-refractivity contribution < 1.29 is 5.11 Å². The van der Waals surface area contributed by atoms with E-state index in [2.05, 4.69) is 22.1 Å². The van der Waals surface area contributed by atoms with Crippen LogP contribution in [0, 0.1) is 0 Å². The minimum atomic E-state index is -0.380. The van der Waals surface area contributed by atoms with E-state index in [0.29, 0.717) is 0 Å². The van der Waals surface area contributed by atoms with Crippen molar-refractivity contribution in [3.63, 3.8) is 0 Å². The zero-order chi connectivity index (χ0) is 9.86. The van der Waals surface area contributed by atoms with E-state index in [1.165, 1.54) is 12.0 Å². The predicted octanol–water partition coefficient (Wildman–Crippen LogP) is 1.80. The van der Waals surface area contributed by atoms with E-state index in [9.17, 15) is 5.11 Å². The second kappa shape index (κ2) is 4.43. The molecule has 78 valence electrons. The molecule has 0 saturated heterocycles. The zero-order valence-electron chi connectivity index (χ0n) is 8.33. The summed E-state index contributed by atoms with van der Waals surface area (Å²) in [5.74, 6) is 0. The van der Waals surface area contributed by atoms with Crippen molar-refractivity contribution in [3.05, 3.63) is 22.4 Å². The number of aliphatic hydroxyl groups is 1. The Morgan fingerprint density at radius 3 is 2.93 bits per heavy atom. The first-order valence-electron chi connectivity index (χ1n) is 5.23. The predicted molar refractivity (Wildman–Crippen MR) is 59.7 cm³/mol. The Hall–Kier alpha value is -0.380. The van der Waals surface area contributed by atoms with Crippen LogP contribution in [0.5, 0.6) is 0 Å². The summed E-state index contributed by atoms with van der Waals surface area (Å²) in [7, 11) is 0. The first kappa shape index (κ1) is 10.1. The highest BCUT2D eigenvalue weighted by molar-refractivity contribution is 7.07. The van der Waals surface area contributed by atoms with Gasteiger partial charge < -0.3 is 10.4 Å². The van der Waals surface area contributed by atoms with Crippen LogP contribution in [0.3, 0.4) is 0 Å². The van der Waals surface area contributed by atoms with Gasteiger partial charge >= 0.3 is 0 Å². The van der Waals surface area contributed by atoms with Gasteiger partial charge in [0.2, 0.25) is 0 Å². The molecule has 1 fully saturated rings. The lowest BCUT2D eigenvalue weighted by Gasteiger charge is -2.36. The van der Waals surface area contributed by atoms with E-state index in [4.69, 9.17) is 0 Å². The third-order valence-electron chi connectivity index (χ3n) is 2.91. The van der Waals surface area contributed by atoms with Crippen LogP contribution >= 0.6 is 11.3 Å². The molecule has 2 rings (SSSR count). The molecule has 1 aromatic rings. The fourth-order valence-electron chi connectivity index (χ4n) is 1.75. The van der Waals surface area contributed by atoms with Gasteiger partial charge in [0.05, 0.1) is 5.60 Å². The maximum absolute atomic E-state index is 9.81. The normalized spacial score (nSPS) is 19.2. The fraction of sp³-hybridized carbons (Fsp3) is 0.636. The highest BCUT2D eigenvalue weighted by Crippen LogP contribution is 2.30. The van der Waals surface area contributed by atoms with Crippen molar-refractivity contribution in [1.29, 1.82) is 0 Å². The molecule has 0 atom stereocenters. The lowest BCUT2D eigenvalue weighted by molar-refractivity contribution is -0.0310. The van der Waals surface area contributed by atoms with Crippen molar-refractivity contribution in [2.45, 2.75) is 31.3 Å². The molecule has 0 amide bonds. The van der Waals surface area contributed by atoms with Gasteiger partial charge in [-0.05, 0) is 54.6 Å². The molecule has 1 aromatic heterocycles. The summed E-state index contributed by atoms with van der Waals surface area (Å²) in [5.41, 5.74) is 1.01. The Balaban J connectivity index is 1.59. The van der Waals surface area contributed by atoms with Gasteiger partial charge in [0.1, 0.15) is 0 Å². The van der Waals surface area contributed by atoms with Crippen LogP contribution in [0.4, 0.5) is 0 Å². The number of hydrogen-bond donors (Lipinski definition) is 2. The standard InChI is InChI=1S/C11H17NOS/c13-11(4-1-5-11)9-12-6-2-10-3-7-14-8-10/h3,7-8,12-13H,1-2,4-6,9H2. The van der Waals surface area contributed by atoms with Gasteiger partial charge in [0, 0.05) is 6.54 Å². The molecule has 2 N–H and O–H groups in total. The second-order valence-electron chi connectivity index (χ2n) is 4.14. The molecular weight excluding hydrogens is 194 g/mol. The highest BCUT2D eigenvalue weighted by Gasteiger charge is 2.33. The number of rotatable bonds is 5. The quantitative estimate of drug-likeness (QED) is 0.728. The van der Waals surface area contributed by atoms with Gasteiger partial charge in [-0.15, -0.1) is 0 Å². The van der Waals surface area contributed by atoms with E-state index in [1.54, 1.807) is 11.3 Å². The average Bonchev–Trinajstić information content (AvgIpc) is 2.62. The lowest BCUT2D eigenvalue weighted by atomic mass is 9.80. The van der Waals surface area contributed by atoms with Crippen LogP contribution in [0.1, 0.15) is 24.8 Å². The molecule has 0 aliphatic heterocycles. The van der Waals surface area contributed by atoms with E-state index in [0.717, 1.165) is 32.4 Å². The first-order valence-corrected chi connectivity index (χ1v) is 6.17. The van der Waals surface area contributed by atoms with E-state index < -0.39 is 0 Å². The van der Waals surface area contributed by atoms with E-state index >= 15 is 0 Å². The Labute approximate surface area is 89.0 Å². The Bertz CT molecular complexity index is 267. The molecule has 0 unspecified atom stereocenters. The minimum absolute atomic E-state index is 0.380. The summed E-state index contributed by atoms with van der Waals surface area (Å²) in [6.45, 7) is 1.73. The van der Waals surface area contributed by atoms with Crippen LogP contribution in [0.15, 0.2) is 16.8 Å². The second-order valence-corrected chi connectivity index (χ2v) is 4.92. The van der Waals surface area contributed by atoms with Crippen LogP contribution in [-0.2, 0) is 6.42 Å². The third kappa shape index (κ3) is 2.56. The molecule has 1 aliphatic rings. The van der Waals surface area contributed by atoms with Gasteiger partial charge in [-0.1, -0.05) is 0 Å². The number of nitrogens with one attached hydrogen (secondary N) is 1. The molecule has 1 heterocycles. The van der Waals surface area contributed by atoms with Crippen molar-refractivity contribution >= 4 is 11.3 Å². The third-order valence-corrected chi connectivity index (χ3v) is 3.64. The van der Waals surface area contributed by atoms with Crippen LogP contribution in [-0.4, -0.2) is 23.8 Å². The van der Waals surface area contributed by atoms with Crippen LogP contribution in [0.2, 0.25) is 0 Å². The average molecular weight is 211 g/mol. The molecule has 1 aliphatic carbocycles. The van der Waals surface area contributed by atoms with Gasteiger partial charge in [-0.25, -0.2) is 0 Å². The van der Waals surface area contributed by atoms with Crippen LogP contribution in [0.25, 0.3) is 0 Å². The first-order chi connectivity index (χ1) is 6.79. The molecule has 0 bridgehead atoms. The smallest absolute Gasteiger partial charge is 0.0771 e. The van der Waals surface area contributed by atoms with Gasteiger partial charge in [-0.3, -0.25) is 0 Å². The molecular formula is C11H17NOS. The summed E-state index contributed by atoms with van der Waals surface area (Å²) < 4.78 is 0. The largest absolute Gasteiger partial charge is 0.389 e. The maximum atomic E-state index is 9.81.